The zero-order chi connectivity index (χ0) is 16.5. The molecule has 130 valence electrons. The van der Waals surface area contributed by atoms with Crippen LogP contribution in [0.4, 0.5) is 4.39 Å². The van der Waals surface area contributed by atoms with Gasteiger partial charge in [-0.25, -0.2) is 9.38 Å². The van der Waals surface area contributed by atoms with Crippen LogP contribution in [0.2, 0.25) is 0 Å². The first-order valence-electron chi connectivity index (χ1n) is 7.53. The second kappa shape index (κ2) is 11.3. The van der Waals surface area contributed by atoms with Gasteiger partial charge in [0.05, 0.1) is 6.54 Å². The molecule has 0 amide bonds. The summed E-state index contributed by atoms with van der Waals surface area (Å²) in [7, 11) is 0. The van der Waals surface area contributed by atoms with Crippen LogP contribution in [0.25, 0.3) is 0 Å². The van der Waals surface area contributed by atoms with Crippen LogP contribution >= 0.6 is 35.7 Å². The van der Waals surface area contributed by atoms with E-state index < -0.39 is 0 Å². The van der Waals surface area contributed by atoms with Crippen molar-refractivity contribution in [3.63, 3.8) is 0 Å². The minimum Gasteiger partial charge on any atom is -0.370 e. The number of nitrogens with zero attached hydrogens (tertiary/aromatic N) is 1. The van der Waals surface area contributed by atoms with Crippen LogP contribution in [-0.4, -0.2) is 18.8 Å². The summed E-state index contributed by atoms with van der Waals surface area (Å²) in [5.74, 6) is 0.973. The van der Waals surface area contributed by atoms with E-state index in [9.17, 15) is 4.39 Å². The highest BCUT2D eigenvalue weighted by Crippen LogP contribution is 2.17. The van der Waals surface area contributed by atoms with Crippen LogP contribution in [0, 0.1) is 5.82 Å². The van der Waals surface area contributed by atoms with Crippen molar-refractivity contribution in [2.24, 2.45) is 10.7 Å². The van der Waals surface area contributed by atoms with Gasteiger partial charge in [0.2, 0.25) is 0 Å². The molecule has 3 nitrogen and oxygen atoms in total. The molecule has 0 aromatic heterocycles. The Morgan fingerprint density at radius 2 is 1.92 bits per heavy atom. The maximum absolute atomic E-state index is 13.3. The summed E-state index contributed by atoms with van der Waals surface area (Å²) in [5, 5.41) is 3.11. The van der Waals surface area contributed by atoms with E-state index in [2.05, 4.69) is 22.4 Å². The Labute approximate surface area is 164 Å². The molecule has 0 aliphatic heterocycles. The van der Waals surface area contributed by atoms with Gasteiger partial charge in [0.15, 0.2) is 5.96 Å². The van der Waals surface area contributed by atoms with Crippen molar-refractivity contribution in [3.05, 3.63) is 71.0 Å². The van der Waals surface area contributed by atoms with Gasteiger partial charge in [-0.15, -0.1) is 24.0 Å². The van der Waals surface area contributed by atoms with Crippen molar-refractivity contribution < 1.29 is 4.39 Å². The highest BCUT2D eigenvalue weighted by Gasteiger charge is 2.04. The molecule has 0 saturated heterocycles. The van der Waals surface area contributed by atoms with Crippen LogP contribution in [0.5, 0.6) is 0 Å². The van der Waals surface area contributed by atoms with Gasteiger partial charge in [-0.2, -0.15) is 11.8 Å². The molecule has 0 aliphatic rings. The fraction of sp³-hybridized carbons (Fsp3) is 0.278. The highest BCUT2D eigenvalue weighted by molar-refractivity contribution is 14.0. The van der Waals surface area contributed by atoms with E-state index >= 15 is 0 Å². The van der Waals surface area contributed by atoms with Gasteiger partial charge in [-0.05, 0) is 41.5 Å². The van der Waals surface area contributed by atoms with Crippen molar-refractivity contribution in [2.75, 3.05) is 12.8 Å². The number of guanidine groups is 1. The zero-order valence-electron chi connectivity index (χ0n) is 13.7. The summed E-state index contributed by atoms with van der Waals surface area (Å²) >= 11 is 1.66. The lowest BCUT2D eigenvalue weighted by atomic mass is 10.1. The normalized spacial score (nSPS) is 11.0. The maximum atomic E-state index is 13.3. The number of halogens is 2. The van der Waals surface area contributed by atoms with Crippen molar-refractivity contribution in [1.82, 2.24) is 5.32 Å². The van der Waals surface area contributed by atoms with Crippen molar-refractivity contribution in [2.45, 2.75) is 18.7 Å². The van der Waals surface area contributed by atoms with E-state index in [-0.39, 0.29) is 29.8 Å². The first-order valence-corrected chi connectivity index (χ1v) is 8.92. The Morgan fingerprint density at radius 1 is 1.17 bits per heavy atom. The van der Waals surface area contributed by atoms with Crippen LogP contribution in [0.15, 0.2) is 53.5 Å². The molecule has 2 aromatic carbocycles. The summed E-state index contributed by atoms with van der Waals surface area (Å²) in [5.41, 5.74) is 9.14. The molecule has 3 N–H and O–H groups in total. The second-order valence-electron chi connectivity index (χ2n) is 5.21. The molecular weight excluding hydrogens is 436 g/mol. The van der Waals surface area contributed by atoms with E-state index in [0.29, 0.717) is 12.5 Å². The Balaban J connectivity index is 0.00000288. The van der Waals surface area contributed by atoms with E-state index in [0.717, 1.165) is 29.8 Å². The van der Waals surface area contributed by atoms with E-state index in [1.807, 2.05) is 24.5 Å². The van der Waals surface area contributed by atoms with E-state index in [4.69, 9.17) is 5.73 Å². The number of benzene rings is 2. The van der Waals surface area contributed by atoms with Crippen molar-refractivity contribution in [3.8, 4) is 0 Å². The summed E-state index contributed by atoms with van der Waals surface area (Å²) < 4.78 is 13.3. The molecule has 0 atom stereocenters. The molecule has 6 heteroatoms. The van der Waals surface area contributed by atoms with Crippen LogP contribution in [-0.2, 0) is 18.7 Å². The lowest BCUT2D eigenvalue weighted by molar-refractivity contribution is 0.625. The minimum atomic E-state index is -0.212. The topological polar surface area (TPSA) is 50.4 Å². The molecule has 24 heavy (non-hydrogen) atoms. The molecular formula is C18H23FIN3S. The molecule has 2 rings (SSSR count). The third kappa shape index (κ3) is 7.09. The van der Waals surface area contributed by atoms with Gasteiger partial charge < -0.3 is 11.1 Å². The number of aliphatic imine (C=N–C) groups is 1. The standard InChI is InChI=1S/C18H22FN3S.HI/c1-23-13-16-11-17(19)8-7-15(16)12-22-18(20)21-10-9-14-5-3-2-4-6-14;/h2-8,11H,9-10,12-13H2,1H3,(H3,20,21,22);1H. The first kappa shape index (κ1) is 20.8. The summed E-state index contributed by atoms with van der Waals surface area (Å²) in [6, 6.07) is 15.0. The Bertz CT molecular complexity index is 650. The van der Waals surface area contributed by atoms with Crippen LogP contribution < -0.4 is 11.1 Å². The smallest absolute Gasteiger partial charge is 0.188 e. The van der Waals surface area contributed by atoms with Crippen molar-refractivity contribution in [1.29, 1.82) is 0 Å². The predicted molar refractivity (Wildman–Crippen MR) is 113 cm³/mol. The van der Waals surface area contributed by atoms with E-state index in [1.54, 1.807) is 23.9 Å². The molecule has 0 spiro atoms. The average molecular weight is 459 g/mol. The number of rotatable bonds is 7. The summed E-state index contributed by atoms with van der Waals surface area (Å²) in [6.07, 6.45) is 2.89. The average Bonchev–Trinajstić information content (AvgIpc) is 2.55. The van der Waals surface area contributed by atoms with Gasteiger partial charge >= 0.3 is 0 Å². The number of nitrogens with one attached hydrogen (secondary N) is 1. The third-order valence-electron chi connectivity index (χ3n) is 3.45. The largest absolute Gasteiger partial charge is 0.370 e. The molecule has 0 unspecified atom stereocenters. The number of hydrogen-bond acceptors (Lipinski definition) is 2. The van der Waals surface area contributed by atoms with E-state index in [1.165, 1.54) is 11.6 Å². The molecule has 0 radical (unpaired) electrons. The summed E-state index contributed by atoms with van der Waals surface area (Å²) in [6.45, 7) is 1.20. The predicted octanol–water partition coefficient (Wildman–Crippen LogP) is 3.95. The Kier molecular flexibility index (Phi) is 9.78. The maximum Gasteiger partial charge on any atom is 0.188 e. The Morgan fingerprint density at radius 3 is 2.62 bits per heavy atom. The van der Waals surface area contributed by atoms with Crippen molar-refractivity contribution >= 4 is 41.7 Å². The summed E-state index contributed by atoms with van der Waals surface area (Å²) in [4.78, 5) is 4.35. The fourth-order valence-electron chi connectivity index (χ4n) is 2.24. The van der Waals surface area contributed by atoms with Gasteiger partial charge in [-0.1, -0.05) is 36.4 Å². The molecule has 0 fully saturated rings. The number of hydrogen-bond donors (Lipinski definition) is 2. The number of nitrogens with two attached hydrogens (primary N) is 1. The Hall–Kier alpha value is -1.28. The lowest BCUT2D eigenvalue weighted by Gasteiger charge is -2.08. The van der Waals surface area contributed by atoms with Gasteiger partial charge in [-0.3, -0.25) is 0 Å². The highest BCUT2D eigenvalue weighted by atomic mass is 127. The minimum absolute atomic E-state index is 0. The zero-order valence-corrected chi connectivity index (χ0v) is 16.8. The molecule has 0 bridgehead atoms. The molecule has 0 aliphatic carbocycles. The quantitative estimate of drug-likeness (QED) is 0.375. The SMILES string of the molecule is CSCc1cc(F)ccc1CN=C(N)NCCc1ccccc1.I. The molecule has 0 heterocycles. The lowest BCUT2D eigenvalue weighted by Crippen LogP contribution is -2.33. The van der Waals surface area contributed by atoms with Gasteiger partial charge in [0.1, 0.15) is 5.82 Å². The van der Waals surface area contributed by atoms with Gasteiger partial charge in [0.25, 0.3) is 0 Å². The molecule has 0 saturated carbocycles. The van der Waals surface area contributed by atoms with Gasteiger partial charge in [0, 0.05) is 12.3 Å². The second-order valence-corrected chi connectivity index (χ2v) is 6.08. The fourth-order valence-corrected chi connectivity index (χ4v) is 2.82. The van der Waals surface area contributed by atoms with Crippen LogP contribution in [0.3, 0.4) is 0 Å². The molecule has 2 aromatic rings. The number of thioether (sulfide) groups is 1. The first-order chi connectivity index (χ1) is 11.2. The monoisotopic (exact) mass is 459 g/mol. The van der Waals surface area contributed by atoms with Crippen LogP contribution in [0.1, 0.15) is 16.7 Å². The third-order valence-corrected chi connectivity index (χ3v) is 4.05.